The lowest BCUT2D eigenvalue weighted by atomic mass is 9.67. The lowest BCUT2D eigenvalue weighted by molar-refractivity contribution is -0.116. The first-order chi connectivity index (χ1) is 5.97. The molecule has 0 unspecified atom stereocenters. The van der Waals surface area contributed by atoms with Crippen molar-refractivity contribution in [2.24, 2.45) is 10.8 Å². The summed E-state index contributed by atoms with van der Waals surface area (Å²) in [5, 5.41) is 0. The van der Waals surface area contributed by atoms with Gasteiger partial charge in [0.15, 0.2) is 0 Å². The van der Waals surface area contributed by atoms with Crippen LogP contribution in [0.15, 0.2) is 0 Å². The van der Waals surface area contributed by atoms with Gasteiger partial charge in [-0.25, -0.2) is 0 Å². The maximum atomic E-state index is 10.8. The van der Waals surface area contributed by atoms with Crippen LogP contribution in [0.5, 0.6) is 0 Å². The van der Waals surface area contributed by atoms with E-state index in [4.69, 9.17) is 0 Å². The van der Waals surface area contributed by atoms with Crippen molar-refractivity contribution in [1.29, 1.82) is 0 Å². The Hall–Kier alpha value is -0.330. The monoisotopic (exact) mass is 182 g/mol. The van der Waals surface area contributed by atoms with Gasteiger partial charge in [0.25, 0.3) is 0 Å². The number of carbonyl (C=O) groups excluding carboxylic acids is 1. The second-order valence-corrected chi connectivity index (χ2v) is 5.65. The SMILES string of the molecule is CC(C)(C=O)CC1(C)CCCCC1. The van der Waals surface area contributed by atoms with Crippen LogP contribution in [0.25, 0.3) is 0 Å². The van der Waals surface area contributed by atoms with Crippen molar-refractivity contribution in [1.82, 2.24) is 0 Å². The van der Waals surface area contributed by atoms with Crippen molar-refractivity contribution in [3.8, 4) is 0 Å². The first-order valence-corrected chi connectivity index (χ1v) is 5.44. The molecule has 0 aromatic rings. The molecule has 1 saturated carbocycles. The van der Waals surface area contributed by atoms with Gasteiger partial charge in [-0.3, -0.25) is 0 Å². The highest BCUT2D eigenvalue weighted by Crippen LogP contribution is 2.43. The Labute approximate surface area is 81.9 Å². The molecule has 0 amide bonds. The molecule has 13 heavy (non-hydrogen) atoms. The third-order valence-corrected chi connectivity index (χ3v) is 3.26. The van der Waals surface area contributed by atoms with E-state index >= 15 is 0 Å². The Morgan fingerprint density at radius 3 is 2.23 bits per heavy atom. The summed E-state index contributed by atoms with van der Waals surface area (Å²) in [4.78, 5) is 10.8. The molecule has 0 spiro atoms. The molecule has 0 heterocycles. The normalized spacial score (nSPS) is 22.7. The predicted molar refractivity (Wildman–Crippen MR) is 55.7 cm³/mol. The summed E-state index contributed by atoms with van der Waals surface area (Å²) >= 11 is 0. The fraction of sp³-hybridized carbons (Fsp3) is 0.917. The molecular formula is C12H22O. The summed E-state index contributed by atoms with van der Waals surface area (Å²) in [6, 6.07) is 0. The Morgan fingerprint density at radius 1 is 1.23 bits per heavy atom. The van der Waals surface area contributed by atoms with Crippen LogP contribution in [-0.2, 0) is 4.79 Å². The Balaban J connectivity index is 2.54. The van der Waals surface area contributed by atoms with Crippen molar-refractivity contribution in [3.63, 3.8) is 0 Å². The molecule has 0 saturated heterocycles. The Kier molecular flexibility index (Phi) is 3.15. The molecule has 1 rings (SSSR count). The smallest absolute Gasteiger partial charge is 0.125 e. The van der Waals surface area contributed by atoms with Crippen molar-refractivity contribution < 1.29 is 4.79 Å². The maximum Gasteiger partial charge on any atom is 0.125 e. The van der Waals surface area contributed by atoms with Gasteiger partial charge in [-0.05, 0) is 24.7 Å². The van der Waals surface area contributed by atoms with E-state index < -0.39 is 0 Å². The molecule has 0 radical (unpaired) electrons. The highest BCUT2D eigenvalue weighted by molar-refractivity contribution is 5.57. The summed E-state index contributed by atoms with van der Waals surface area (Å²) in [6.45, 7) is 6.46. The van der Waals surface area contributed by atoms with Gasteiger partial charge >= 0.3 is 0 Å². The fourth-order valence-electron chi connectivity index (χ4n) is 2.72. The fourth-order valence-corrected chi connectivity index (χ4v) is 2.72. The van der Waals surface area contributed by atoms with E-state index in [2.05, 4.69) is 20.8 Å². The quantitative estimate of drug-likeness (QED) is 0.610. The standard InChI is InChI=1S/C12H22O/c1-11(2,10-13)9-12(3)7-5-4-6-8-12/h10H,4-9H2,1-3H3. The Bertz CT molecular complexity index is 176. The van der Waals surface area contributed by atoms with E-state index in [-0.39, 0.29) is 5.41 Å². The van der Waals surface area contributed by atoms with Gasteiger partial charge in [0.2, 0.25) is 0 Å². The van der Waals surface area contributed by atoms with E-state index in [1.807, 2.05) is 0 Å². The number of aldehydes is 1. The van der Waals surface area contributed by atoms with Crippen LogP contribution in [0.2, 0.25) is 0 Å². The zero-order valence-electron chi connectivity index (χ0n) is 9.23. The number of hydrogen-bond acceptors (Lipinski definition) is 1. The van der Waals surface area contributed by atoms with Gasteiger partial charge in [0, 0.05) is 5.41 Å². The third-order valence-electron chi connectivity index (χ3n) is 3.26. The molecule has 1 heteroatoms. The van der Waals surface area contributed by atoms with E-state index in [1.54, 1.807) is 0 Å². The molecular weight excluding hydrogens is 160 g/mol. The van der Waals surface area contributed by atoms with E-state index in [1.165, 1.54) is 32.1 Å². The average molecular weight is 182 g/mol. The van der Waals surface area contributed by atoms with Gasteiger partial charge in [-0.2, -0.15) is 0 Å². The molecule has 0 atom stereocenters. The van der Waals surface area contributed by atoms with E-state index in [0.29, 0.717) is 5.41 Å². The van der Waals surface area contributed by atoms with Crippen molar-refractivity contribution in [2.45, 2.75) is 59.3 Å². The lowest BCUT2D eigenvalue weighted by Gasteiger charge is -2.38. The number of hydrogen-bond donors (Lipinski definition) is 0. The van der Waals surface area contributed by atoms with Crippen LogP contribution in [0.1, 0.15) is 59.3 Å². The van der Waals surface area contributed by atoms with E-state index in [9.17, 15) is 4.79 Å². The summed E-state index contributed by atoms with van der Waals surface area (Å²) in [6.07, 6.45) is 8.89. The summed E-state index contributed by atoms with van der Waals surface area (Å²) in [7, 11) is 0. The highest BCUT2D eigenvalue weighted by atomic mass is 16.1. The van der Waals surface area contributed by atoms with Crippen molar-refractivity contribution in [3.05, 3.63) is 0 Å². The zero-order chi connectivity index (χ0) is 9.95. The van der Waals surface area contributed by atoms with Gasteiger partial charge in [-0.1, -0.05) is 40.0 Å². The predicted octanol–water partition coefficient (Wildman–Crippen LogP) is 3.57. The van der Waals surface area contributed by atoms with Gasteiger partial charge in [0.05, 0.1) is 0 Å². The number of carbonyl (C=O) groups is 1. The van der Waals surface area contributed by atoms with Gasteiger partial charge in [0.1, 0.15) is 6.29 Å². The number of rotatable bonds is 3. The average Bonchev–Trinajstić information content (AvgIpc) is 2.04. The van der Waals surface area contributed by atoms with Crippen LogP contribution in [0.3, 0.4) is 0 Å². The molecule has 0 aliphatic heterocycles. The van der Waals surface area contributed by atoms with Crippen molar-refractivity contribution >= 4 is 6.29 Å². The molecule has 76 valence electrons. The third kappa shape index (κ3) is 3.13. The highest BCUT2D eigenvalue weighted by Gasteiger charge is 2.33. The minimum atomic E-state index is -0.119. The van der Waals surface area contributed by atoms with Crippen LogP contribution < -0.4 is 0 Å². The second-order valence-electron chi connectivity index (χ2n) is 5.65. The largest absolute Gasteiger partial charge is 0.303 e. The molecule has 1 aliphatic rings. The molecule has 0 N–H and O–H groups in total. The minimum absolute atomic E-state index is 0.119. The molecule has 1 nitrogen and oxygen atoms in total. The zero-order valence-corrected chi connectivity index (χ0v) is 9.23. The molecule has 1 fully saturated rings. The minimum Gasteiger partial charge on any atom is -0.303 e. The van der Waals surface area contributed by atoms with Gasteiger partial charge < -0.3 is 4.79 Å². The first kappa shape index (κ1) is 10.7. The summed E-state index contributed by atoms with van der Waals surface area (Å²) in [5.41, 5.74) is 0.314. The summed E-state index contributed by atoms with van der Waals surface area (Å²) < 4.78 is 0. The van der Waals surface area contributed by atoms with Gasteiger partial charge in [-0.15, -0.1) is 0 Å². The van der Waals surface area contributed by atoms with Crippen LogP contribution in [0.4, 0.5) is 0 Å². The molecule has 0 aromatic heterocycles. The van der Waals surface area contributed by atoms with Crippen LogP contribution in [-0.4, -0.2) is 6.29 Å². The van der Waals surface area contributed by atoms with Crippen LogP contribution >= 0.6 is 0 Å². The lowest BCUT2D eigenvalue weighted by Crippen LogP contribution is -2.28. The van der Waals surface area contributed by atoms with Crippen LogP contribution in [0, 0.1) is 10.8 Å². The molecule has 1 aliphatic carbocycles. The topological polar surface area (TPSA) is 17.1 Å². The van der Waals surface area contributed by atoms with Crippen molar-refractivity contribution in [2.75, 3.05) is 0 Å². The Morgan fingerprint density at radius 2 is 1.77 bits per heavy atom. The van der Waals surface area contributed by atoms with E-state index in [0.717, 1.165) is 12.7 Å². The molecule has 0 aromatic carbocycles. The first-order valence-electron chi connectivity index (χ1n) is 5.44. The maximum absolute atomic E-state index is 10.8. The summed E-state index contributed by atoms with van der Waals surface area (Å²) in [5.74, 6) is 0. The second kappa shape index (κ2) is 3.81. The molecule has 0 bridgehead atoms.